The van der Waals surface area contributed by atoms with E-state index in [2.05, 4.69) is 10.6 Å². The number of urea groups is 1. The summed E-state index contributed by atoms with van der Waals surface area (Å²) in [4.78, 5) is 24.9. The summed E-state index contributed by atoms with van der Waals surface area (Å²) in [7, 11) is 0. The van der Waals surface area contributed by atoms with Crippen molar-refractivity contribution in [3.63, 3.8) is 0 Å². The minimum absolute atomic E-state index is 0.0340. The molecule has 1 heterocycles. The van der Waals surface area contributed by atoms with Crippen molar-refractivity contribution in [2.45, 2.75) is 51.5 Å². The van der Waals surface area contributed by atoms with Gasteiger partial charge in [0.15, 0.2) is 0 Å². The first-order chi connectivity index (χ1) is 13.0. The predicted molar refractivity (Wildman–Crippen MR) is 100 cm³/mol. The van der Waals surface area contributed by atoms with E-state index in [1.807, 2.05) is 6.92 Å². The lowest BCUT2D eigenvalue weighted by Gasteiger charge is -2.30. The summed E-state index contributed by atoms with van der Waals surface area (Å²) in [5.41, 5.74) is 7.04. The Hall–Kier alpha value is -2.57. The zero-order valence-corrected chi connectivity index (χ0v) is 15.5. The standard InChI is InChI=1S/C20H26FN3O3/c1-2-16-17(19(25)27-11-12-6-4-3-5-7-12)18(24-20(26)23-16)13-8-9-14(21)15(22)10-13/h8-10,12,18H,2-7,11,22H2,1H3,(H2,23,24,26). The maximum Gasteiger partial charge on any atom is 0.338 e. The van der Waals surface area contributed by atoms with E-state index in [0.717, 1.165) is 12.8 Å². The lowest BCUT2D eigenvalue weighted by molar-refractivity contribution is -0.141. The number of nitrogens with one attached hydrogen (secondary N) is 2. The Morgan fingerprint density at radius 3 is 2.70 bits per heavy atom. The van der Waals surface area contributed by atoms with E-state index in [1.54, 1.807) is 0 Å². The summed E-state index contributed by atoms with van der Waals surface area (Å²) < 4.78 is 19.1. The van der Waals surface area contributed by atoms with Crippen LogP contribution < -0.4 is 16.4 Å². The first-order valence-corrected chi connectivity index (χ1v) is 9.52. The van der Waals surface area contributed by atoms with Crippen LogP contribution in [0.25, 0.3) is 0 Å². The van der Waals surface area contributed by atoms with E-state index in [9.17, 15) is 14.0 Å². The zero-order chi connectivity index (χ0) is 19.4. The van der Waals surface area contributed by atoms with Crippen molar-refractivity contribution in [3.05, 3.63) is 40.8 Å². The van der Waals surface area contributed by atoms with Crippen LogP contribution >= 0.6 is 0 Å². The van der Waals surface area contributed by atoms with Gasteiger partial charge in [-0.3, -0.25) is 0 Å². The number of carbonyl (C=O) groups excluding carboxylic acids is 2. The molecule has 0 radical (unpaired) electrons. The molecule has 6 nitrogen and oxygen atoms in total. The fourth-order valence-corrected chi connectivity index (χ4v) is 3.75. The molecule has 7 heteroatoms. The molecule has 1 fully saturated rings. The Morgan fingerprint density at radius 2 is 2.04 bits per heavy atom. The molecule has 2 aliphatic rings. The van der Waals surface area contributed by atoms with Gasteiger partial charge in [0.2, 0.25) is 0 Å². The molecule has 0 aromatic heterocycles. The normalized spacial score (nSPS) is 20.8. The highest BCUT2D eigenvalue weighted by Gasteiger charge is 2.33. The minimum Gasteiger partial charge on any atom is -0.462 e. The van der Waals surface area contributed by atoms with Crippen LogP contribution in [0.2, 0.25) is 0 Å². The molecule has 1 aliphatic heterocycles. The number of anilines is 1. The van der Waals surface area contributed by atoms with Crippen molar-refractivity contribution in [3.8, 4) is 0 Å². The monoisotopic (exact) mass is 375 g/mol. The Bertz CT molecular complexity index is 757. The maximum atomic E-state index is 13.5. The molecule has 1 aromatic carbocycles. The van der Waals surface area contributed by atoms with Crippen molar-refractivity contribution in [1.82, 2.24) is 10.6 Å². The number of hydrogen-bond acceptors (Lipinski definition) is 4. The lowest BCUT2D eigenvalue weighted by atomic mass is 9.90. The number of hydrogen-bond donors (Lipinski definition) is 3. The summed E-state index contributed by atoms with van der Waals surface area (Å²) in [6.07, 6.45) is 6.17. The largest absolute Gasteiger partial charge is 0.462 e. The first-order valence-electron chi connectivity index (χ1n) is 9.52. The number of halogens is 1. The fourth-order valence-electron chi connectivity index (χ4n) is 3.75. The van der Waals surface area contributed by atoms with Crippen LogP contribution in [0, 0.1) is 11.7 Å². The average molecular weight is 375 g/mol. The van der Waals surface area contributed by atoms with Crippen LogP contribution in [-0.2, 0) is 9.53 Å². The van der Waals surface area contributed by atoms with Crippen molar-refractivity contribution in [1.29, 1.82) is 0 Å². The SMILES string of the molecule is CCC1=C(C(=O)OCC2CCCCC2)C(c2ccc(F)c(N)c2)NC(=O)N1. The Morgan fingerprint density at radius 1 is 1.30 bits per heavy atom. The van der Waals surface area contributed by atoms with Gasteiger partial charge in [-0.25, -0.2) is 14.0 Å². The number of esters is 1. The topological polar surface area (TPSA) is 93.4 Å². The molecule has 0 saturated heterocycles. The highest BCUT2D eigenvalue weighted by atomic mass is 19.1. The van der Waals surface area contributed by atoms with Crippen molar-refractivity contribution in [2.75, 3.05) is 12.3 Å². The van der Waals surface area contributed by atoms with Gasteiger partial charge in [0.25, 0.3) is 0 Å². The molecule has 4 N–H and O–H groups in total. The number of ether oxygens (including phenoxy) is 1. The lowest BCUT2D eigenvalue weighted by Crippen LogP contribution is -2.46. The van der Waals surface area contributed by atoms with Crippen LogP contribution in [-0.4, -0.2) is 18.6 Å². The van der Waals surface area contributed by atoms with Gasteiger partial charge in [-0.1, -0.05) is 32.3 Å². The minimum atomic E-state index is -0.726. The molecule has 146 valence electrons. The molecular formula is C20H26FN3O3. The highest BCUT2D eigenvalue weighted by Crippen LogP contribution is 2.31. The molecular weight excluding hydrogens is 349 g/mol. The van der Waals surface area contributed by atoms with Gasteiger partial charge in [-0.2, -0.15) is 0 Å². The molecule has 27 heavy (non-hydrogen) atoms. The van der Waals surface area contributed by atoms with E-state index in [1.165, 1.54) is 37.5 Å². The van der Waals surface area contributed by atoms with Crippen LogP contribution in [0.4, 0.5) is 14.9 Å². The van der Waals surface area contributed by atoms with Crippen LogP contribution in [0.1, 0.15) is 57.1 Å². The summed E-state index contributed by atoms with van der Waals surface area (Å²) in [5, 5.41) is 5.41. The van der Waals surface area contributed by atoms with Gasteiger partial charge in [-0.15, -0.1) is 0 Å². The average Bonchev–Trinajstić information content (AvgIpc) is 2.68. The van der Waals surface area contributed by atoms with E-state index >= 15 is 0 Å². The number of rotatable bonds is 5. The summed E-state index contributed by atoms with van der Waals surface area (Å²) in [6, 6.07) is 3.05. The second-order valence-electron chi connectivity index (χ2n) is 7.16. The van der Waals surface area contributed by atoms with Gasteiger partial charge >= 0.3 is 12.0 Å². The van der Waals surface area contributed by atoms with E-state index in [-0.39, 0.29) is 5.69 Å². The summed E-state index contributed by atoms with van der Waals surface area (Å²) in [6.45, 7) is 2.23. The van der Waals surface area contributed by atoms with Crippen LogP contribution in [0.15, 0.2) is 29.5 Å². The van der Waals surface area contributed by atoms with Crippen molar-refractivity contribution in [2.24, 2.45) is 5.92 Å². The summed E-state index contributed by atoms with van der Waals surface area (Å²) >= 11 is 0. The number of benzene rings is 1. The molecule has 1 aromatic rings. The summed E-state index contributed by atoms with van der Waals surface area (Å²) in [5.74, 6) is -0.614. The molecule has 2 amide bonds. The molecule has 1 atom stereocenters. The molecule has 1 unspecified atom stereocenters. The second-order valence-corrected chi connectivity index (χ2v) is 7.16. The third-order valence-corrected chi connectivity index (χ3v) is 5.26. The highest BCUT2D eigenvalue weighted by molar-refractivity contribution is 5.95. The number of nitrogens with two attached hydrogens (primary N) is 1. The first kappa shape index (κ1) is 19.2. The second kappa shape index (κ2) is 8.41. The number of amides is 2. The quantitative estimate of drug-likeness (QED) is 0.542. The molecule has 0 bridgehead atoms. The molecule has 3 rings (SSSR count). The Balaban J connectivity index is 1.84. The van der Waals surface area contributed by atoms with Crippen molar-refractivity contribution < 1.29 is 18.7 Å². The number of carbonyl (C=O) groups is 2. The van der Waals surface area contributed by atoms with Gasteiger partial charge in [-0.05, 0) is 42.9 Å². The smallest absolute Gasteiger partial charge is 0.338 e. The van der Waals surface area contributed by atoms with Crippen LogP contribution in [0.5, 0.6) is 0 Å². The Labute approximate surface area is 158 Å². The number of allylic oxidation sites excluding steroid dienone is 1. The number of nitrogen functional groups attached to an aromatic ring is 1. The zero-order valence-electron chi connectivity index (χ0n) is 15.5. The van der Waals surface area contributed by atoms with E-state index in [0.29, 0.717) is 35.8 Å². The maximum absolute atomic E-state index is 13.5. The van der Waals surface area contributed by atoms with E-state index in [4.69, 9.17) is 10.5 Å². The van der Waals surface area contributed by atoms with Gasteiger partial charge in [0, 0.05) is 5.70 Å². The fraction of sp³-hybridized carbons (Fsp3) is 0.500. The van der Waals surface area contributed by atoms with Crippen LogP contribution in [0.3, 0.4) is 0 Å². The molecule has 1 saturated carbocycles. The third-order valence-electron chi connectivity index (χ3n) is 5.26. The van der Waals surface area contributed by atoms with E-state index < -0.39 is 23.9 Å². The molecule has 0 spiro atoms. The van der Waals surface area contributed by atoms with Gasteiger partial charge in [0.05, 0.1) is 23.9 Å². The Kier molecular flexibility index (Phi) is 5.98. The third kappa shape index (κ3) is 4.40. The van der Waals surface area contributed by atoms with Crippen molar-refractivity contribution >= 4 is 17.7 Å². The predicted octanol–water partition coefficient (Wildman–Crippen LogP) is 3.55. The van der Waals surface area contributed by atoms with Gasteiger partial charge < -0.3 is 21.1 Å². The molecule has 1 aliphatic carbocycles. The van der Waals surface area contributed by atoms with Gasteiger partial charge in [0.1, 0.15) is 5.82 Å².